The van der Waals surface area contributed by atoms with Crippen LogP contribution < -0.4 is 5.32 Å². The molecule has 0 spiro atoms. The summed E-state index contributed by atoms with van der Waals surface area (Å²) >= 11 is 6.14. The summed E-state index contributed by atoms with van der Waals surface area (Å²) in [6.07, 6.45) is 2.09. The maximum absolute atomic E-state index is 14.0. The minimum absolute atomic E-state index is 0.0671. The van der Waals surface area contributed by atoms with Crippen LogP contribution in [0.5, 0.6) is 0 Å². The molecule has 1 unspecified atom stereocenters. The van der Waals surface area contributed by atoms with E-state index in [9.17, 15) is 14.4 Å². The van der Waals surface area contributed by atoms with Gasteiger partial charge in [0.25, 0.3) is 0 Å². The lowest BCUT2D eigenvalue weighted by Gasteiger charge is -2.45. The summed E-state index contributed by atoms with van der Waals surface area (Å²) in [4.78, 5) is 46.2. The first-order valence-corrected chi connectivity index (χ1v) is 11.9. The molecule has 2 amide bonds. The molecule has 1 aromatic heterocycles. The van der Waals surface area contributed by atoms with Gasteiger partial charge < -0.3 is 10.2 Å². The highest BCUT2D eigenvalue weighted by Crippen LogP contribution is 2.37. The van der Waals surface area contributed by atoms with Crippen LogP contribution in [-0.4, -0.2) is 39.0 Å². The van der Waals surface area contributed by atoms with Crippen LogP contribution in [0.15, 0.2) is 36.4 Å². The zero-order valence-corrected chi connectivity index (χ0v) is 20.2. The van der Waals surface area contributed by atoms with Crippen LogP contribution in [-0.2, 0) is 27.2 Å². The predicted octanol–water partition coefficient (Wildman–Crippen LogP) is 3.66. The number of piperazine rings is 1. The van der Waals surface area contributed by atoms with Crippen molar-refractivity contribution >= 4 is 28.7 Å². The Morgan fingerprint density at radius 1 is 1.15 bits per heavy atom. The van der Waals surface area contributed by atoms with E-state index in [0.29, 0.717) is 30.5 Å². The van der Waals surface area contributed by atoms with Crippen LogP contribution in [0, 0.1) is 25.7 Å². The van der Waals surface area contributed by atoms with Gasteiger partial charge in [-0.1, -0.05) is 50.6 Å². The molecule has 1 saturated heterocycles. The Kier molecular flexibility index (Phi) is 6.57. The highest BCUT2D eigenvalue weighted by molar-refractivity contribution is 6.64. The van der Waals surface area contributed by atoms with Gasteiger partial charge in [0.05, 0.1) is 0 Å². The molecule has 4 rings (SSSR count). The van der Waals surface area contributed by atoms with E-state index in [2.05, 4.69) is 22.4 Å². The fourth-order valence-corrected chi connectivity index (χ4v) is 5.51. The fourth-order valence-electron chi connectivity index (χ4n) is 5.28. The van der Waals surface area contributed by atoms with E-state index in [4.69, 9.17) is 11.6 Å². The van der Waals surface area contributed by atoms with Gasteiger partial charge in [-0.25, -0.2) is 0 Å². The highest BCUT2D eigenvalue weighted by atomic mass is 35.5. The van der Waals surface area contributed by atoms with Gasteiger partial charge in [0, 0.05) is 17.0 Å². The van der Waals surface area contributed by atoms with Crippen molar-refractivity contribution in [2.45, 2.75) is 65.1 Å². The van der Waals surface area contributed by atoms with Crippen LogP contribution in [0.25, 0.3) is 0 Å². The normalized spacial score (nSPS) is 22.6. The minimum atomic E-state index is -1.07. The molecule has 0 bridgehead atoms. The number of benzene rings is 1. The molecule has 6 nitrogen and oxygen atoms in total. The number of carbonyl (C=O) groups is 3. The summed E-state index contributed by atoms with van der Waals surface area (Å²) in [6, 6.07) is 9.14. The molecule has 1 aliphatic heterocycles. The number of aromatic nitrogens is 1. The van der Waals surface area contributed by atoms with Gasteiger partial charge in [-0.05, 0) is 67.3 Å². The van der Waals surface area contributed by atoms with Gasteiger partial charge in [0.1, 0.15) is 18.1 Å². The number of nitrogens with one attached hydrogen (secondary N) is 1. The lowest BCUT2D eigenvalue weighted by Crippen LogP contribution is -2.67. The lowest BCUT2D eigenvalue weighted by molar-refractivity contribution is -0.157. The molecular formula is C26H30ClN3O3. The van der Waals surface area contributed by atoms with Gasteiger partial charge in [-0.3, -0.25) is 19.4 Å². The van der Waals surface area contributed by atoms with Crippen LogP contribution in [0.1, 0.15) is 54.4 Å². The molecule has 33 heavy (non-hydrogen) atoms. The van der Waals surface area contributed by atoms with Crippen molar-refractivity contribution in [1.82, 2.24) is 15.2 Å². The third-order valence-corrected chi connectivity index (χ3v) is 7.38. The van der Waals surface area contributed by atoms with Gasteiger partial charge in [-0.2, -0.15) is 0 Å². The summed E-state index contributed by atoms with van der Waals surface area (Å²) < 4.78 is 0. The topological polar surface area (TPSA) is 79.4 Å². The van der Waals surface area contributed by atoms with Gasteiger partial charge in [-0.15, -0.1) is 0 Å². The summed E-state index contributed by atoms with van der Waals surface area (Å²) in [5.41, 5.74) is 4.39. The molecule has 2 aromatic rings. The highest BCUT2D eigenvalue weighted by Gasteiger charge is 2.50. The Morgan fingerprint density at radius 2 is 1.79 bits per heavy atom. The minimum Gasteiger partial charge on any atom is -0.342 e. The summed E-state index contributed by atoms with van der Waals surface area (Å²) in [7, 11) is 0. The molecule has 2 aliphatic rings. The van der Waals surface area contributed by atoms with E-state index >= 15 is 0 Å². The number of fused-ring (bicyclic) bond motifs is 1. The quantitative estimate of drug-likeness (QED) is 0.657. The van der Waals surface area contributed by atoms with E-state index in [1.54, 1.807) is 19.1 Å². The van der Waals surface area contributed by atoms with Crippen LogP contribution in [0.4, 0.5) is 0 Å². The Morgan fingerprint density at radius 3 is 2.33 bits per heavy atom. The van der Waals surface area contributed by atoms with Crippen molar-refractivity contribution in [3.05, 3.63) is 64.5 Å². The average Bonchev–Trinajstić information content (AvgIpc) is 3.20. The second kappa shape index (κ2) is 9.26. The van der Waals surface area contributed by atoms with E-state index in [1.807, 2.05) is 32.9 Å². The molecule has 1 aromatic carbocycles. The molecule has 1 fully saturated rings. The summed E-state index contributed by atoms with van der Waals surface area (Å²) in [5, 5.41) is 2.32. The predicted molar refractivity (Wildman–Crippen MR) is 127 cm³/mol. The number of aryl methyl sites for hydroxylation is 2. The Balaban J connectivity index is 1.76. The van der Waals surface area contributed by atoms with Crippen molar-refractivity contribution in [2.24, 2.45) is 11.8 Å². The monoisotopic (exact) mass is 467 g/mol. The second-order valence-corrected chi connectivity index (χ2v) is 9.71. The summed E-state index contributed by atoms with van der Waals surface area (Å²) in [6.45, 7) is 7.55. The number of nitrogens with zero attached hydrogens (tertiary/aromatic N) is 2. The van der Waals surface area contributed by atoms with Crippen molar-refractivity contribution < 1.29 is 14.4 Å². The van der Waals surface area contributed by atoms with Crippen LogP contribution in [0.2, 0.25) is 0 Å². The standard InChI is InChI=1S/C26H30ClN3O3/c1-5-14(2)22-25(32)29-21(19-12-17-8-6-7-9-18(17)13-19)26(33)30(22)23(24(27)31)20-11-10-15(3)28-16(20)4/h6-11,14,19,21-23H,5,12-13H2,1-4H3,(H,29,32)/t14-,21+,22+,23?/m0/s1. The Labute approximate surface area is 199 Å². The van der Waals surface area contributed by atoms with Crippen molar-refractivity contribution in [2.75, 3.05) is 0 Å². The number of carbonyl (C=O) groups excluding carboxylic acids is 3. The van der Waals surface area contributed by atoms with E-state index in [0.717, 1.165) is 5.69 Å². The molecule has 1 N–H and O–H groups in total. The first-order chi connectivity index (χ1) is 15.7. The van der Waals surface area contributed by atoms with Gasteiger partial charge >= 0.3 is 0 Å². The number of rotatable bonds is 6. The number of amides is 2. The van der Waals surface area contributed by atoms with E-state index in [-0.39, 0.29) is 23.7 Å². The maximum Gasteiger partial charge on any atom is 0.248 e. The van der Waals surface area contributed by atoms with Crippen LogP contribution >= 0.6 is 11.6 Å². The number of halogens is 1. The molecule has 4 atom stereocenters. The Bertz CT molecular complexity index is 1080. The average molecular weight is 468 g/mol. The van der Waals surface area contributed by atoms with Gasteiger partial charge in [0.2, 0.25) is 17.1 Å². The number of hydrogen-bond donors (Lipinski definition) is 1. The molecular weight excluding hydrogens is 438 g/mol. The molecule has 7 heteroatoms. The zero-order valence-electron chi connectivity index (χ0n) is 19.5. The molecule has 1 aliphatic carbocycles. The van der Waals surface area contributed by atoms with Crippen molar-refractivity contribution in [1.29, 1.82) is 0 Å². The number of hydrogen-bond acceptors (Lipinski definition) is 4. The van der Waals surface area contributed by atoms with E-state index in [1.165, 1.54) is 16.0 Å². The third kappa shape index (κ3) is 4.29. The maximum atomic E-state index is 14.0. The lowest BCUT2D eigenvalue weighted by atomic mass is 9.86. The van der Waals surface area contributed by atoms with Gasteiger partial charge in [0.15, 0.2) is 0 Å². The van der Waals surface area contributed by atoms with Crippen molar-refractivity contribution in [3.8, 4) is 0 Å². The largest absolute Gasteiger partial charge is 0.342 e. The third-order valence-electron chi connectivity index (χ3n) is 7.18. The van der Waals surface area contributed by atoms with E-state index < -0.39 is 23.4 Å². The fraction of sp³-hybridized carbons (Fsp3) is 0.462. The zero-order chi connectivity index (χ0) is 23.9. The first-order valence-electron chi connectivity index (χ1n) is 11.6. The first kappa shape index (κ1) is 23.4. The second-order valence-electron chi connectivity index (χ2n) is 9.33. The van der Waals surface area contributed by atoms with Crippen molar-refractivity contribution in [3.63, 3.8) is 0 Å². The molecule has 174 valence electrons. The molecule has 0 saturated carbocycles. The molecule has 2 heterocycles. The summed E-state index contributed by atoms with van der Waals surface area (Å²) in [5.74, 6) is -0.697. The smallest absolute Gasteiger partial charge is 0.248 e. The number of pyridine rings is 1. The van der Waals surface area contributed by atoms with Crippen LogP contribution in [0.3, 0.4) is 0 Å². The Hall–Kier alpha value is -2.73. The SMILES string of the molecule is CC[C@H](C)[C@@H]1C(=O)N[C@H](C2Cc3ccccc3C2)C(=O)N1C(C(=O)Cl)c1ccc(C)nc1C. The molecule has 0 radical (unpaired) electrons.